The fraction of sp³-hybridized carbons (Fsp3) is 0.105. The van der Waals surface area contributed by atoms with Gasteiger partial charge in [-0.15, -0.1) is 11.3 Å². The van der Waals surface area contributed by atoms with E-state index in [1.165, 1.54) is 23.5 Å². The molecule has 0 aliphatic rings. The molecule has 4 aromatic rings. The second-order valence-electron chi connectivity index (χ2n) is 5.85. The molecule has 1 amide bonds. The predicted octanol–water partition coefficient (Wildman–Crippen LogP) is 3.86. The molecule has 1 aromatic carbocycles. The molecule has 26 heavy (non-hydrogen) atoms. The zero-order valence-electron chi connectivity index (χ0n) is 13.9. The number of halogens is 1. The maximum absolute atomic E-state index is 13.2. The summed E-state index contributed by atoms with van der Waals surface area (Å²) in [6, 6.07) is 11.7. The smallest absolute Gasteiger partial charge is 0.261 e. The average Bonchev–Trinajstić information content (AvgIpc) is 3.22. The van der Waals surface area contributed by atoms with Crippen molar-refractivity contribution in [3.63, 3.8) is 0 Å². The highest BCUT2D eigenvalue weighted by Gasteiger charge is 2.17. The molecule has 0 saturated heterocycles. The molecular formula is C19H15FN4OS. The van der Waals surface area contributed by atoms with Gasteiger partial charge in [0.15, 0.2) is 0 Å². The molecule has 0 aliphatic heterocycles. The number of pyridine rings is 1. The van der Waals surface area contributed by atoms with Gasteiger partial charge in [0.2, 0.25) is 0 Å². The lowest BCUT2D eigenvalue weighted by Crippen LogP contribution is -2.21. The highest BCUT2D eigenvalue weighted by Crippen LogP contribution is 2.30. The number of amides is 1. The van der Waals surface area contributed by atoms with E-state index in [0.29, 0.717) is 11.4 Å². The lowest BCUT2D eigenvalue weighted by molar-refractivity contribution is 0.0955. The third kappa shape index (κ3) is 3.09. The van der Waals surface area contributed by atoms with Crippen LogP contribution in [0.4, 0.5) is 4.39 Å². The van der Waals surface area contributed by atoms with Gasteiger partial charge in [0.1, 0.15) is 10.6 Å². The molecule has 0 spiro atoms. The number of hydrogen-bond acceptors (Lipinski definition) is 4. The van der Waals surface area contributed by atoms with Crippen LogP contribution in [-0.2, 0) is 6.54 Å². The summed E-state index contributed by atoms with van der Waals surface area (Å²) in [4.78, 5) is 18.0. The summed E-state index contributed by atoms with van der Waals surface area (Å²) in [6.07, 6.45) is 3.42. The van der Waals surface area contributed by atoms with Crippen molar-refractivity contribution in [2.24, 2.45) is 0 Å². The molecule has 7 heteroatoms. The predicted molar refractivity (Wildman–Crippen MR) is 99.0 cm³/mol. The number of aryl methyl sites for hydroxylation is 1. The van der Waals surface area contributed by atoms with Crippen LogP contribution < -0.4 is 5.32 Å². The number of rotatable bonds is 4. The molecule has 0 fully saturated rings. The Morgan fingerprint density at radius 2 is 2.08 bits per heavy atom. The van der Waals surface area contributed by atoms with E-state index in [1.54, 1.807) is 29.2 Å². The Balaban J connectivity index is 1.62. The molecule has 0 unspecified atom stereocenters. The summed E-state index contributed by atoms with van der Waals surface area (Å²) >= 11 is 1.37. The van der Waals surface area contributed by atoms with Crippen LogP contribution in [0.5, 0.6) is 0 Å². The normalized spacial score (nSPS) is 11.0. The minimum absolute atomic E-state index is 0.139. The third-order valence-corrected chi connectivity index (χ3v) is 5.12. The first-order chi connectivity index (χ1) is 12.6. The summed E-state index contributed by atoms with van der Waals surface area (Å²) in [5, 5.41) is 8.33. The van der Waals surface area contributed by atoms with Crippen LogP contribution in [0.2, 0.25) is 0 Å². The van der Waals surface area contributed by atoms with Crippen LogP contribution in [0.15, 0.2) is 54.9 Å². The highest BCUT2D eigenvalue weighted by atomic mass is 32.1. The molecule has 130 valence electrons. The van der Waals surface area contributed by atoms with E-state index >= 15 is 0 Å². The van der Waals surface area contributed by atoms with E-state index < -0.39 is 0 Å². The Hall–Kier alpha value is -3.06. The van der Waals surface area contributed by atoms with Crippen LogP contribution >= 0.6 is 11.3 Å². The number of thiophene rings is 1. The van der Waals surface area contributed by atoms with Crippen LogP contribution in [0.1, 0.15) is 20.9 Å². The standard InChI is InChI=1S/C19H15FN4OS/c1-12-16-9-17(18(25)22-11-13-3-2-8-21-10-13)26-19(16)24(23-12)15-6-4-14(20)5-7-15/h2-10H,11H2,1H3,(H,22,25). The molecule has 1 N–H and O–H groups in total. The molecule has 0 radical (unpaired) electrons. The summed E-state index contributed by atoms with van der Waals surface area (Å²) in [5.41, 5.74) is 2.52. The summed E-state index contributed by atoms with van der Waals surface area (Å²) in [7, 11) is 0. The van der Waals surface area contributed by atoms with Gasteiger partial charge in [-0.3, -0.25) is 9.78 Å². The van der Waals surface area contributed by atoms with Gasteiger partial charge in [0.05, 0.1) is 16.3 Å². The number of aromatic nitrogens is 3. The van der Waals surface area contributed by atoms with Crippen molar-refractivity contribution in [1.82, 2.24) is 20.1 Å². The lowest BCUT2D eigenvalue weighted by atomic mass is 10.2. The molecular weight excluding hydrogens is 351 g/mol. The molecule has 3 heterocycles. The largest absolute Gasteiger partial charge is 0.347 e. The van der Waals surface area contributed by atoms with Crippen molar-refractivity contribution >= 4 is 27.5 Å². The van der Waals surface area contributed by atoms with Crippen LogP contribution in [0.3, 0.4) is 0 Å². The number of hydrogen-bond donors (Lipinski definition) is 1. The number of benzene rings is 1. The summed E-state index contributed by atoms with van der Waals surface area (Å²) in [6.45, 7) is 2.32. The van der Waals surface area contributed by atoms with E-state index in [1.807, 2.05) is 25.1 Å². The van der Waals surface area contributed by atoms with Gasteiger partial charge in [-0.25, -0.2) is 9.07 Å². The zero-order chi connectivity index (χ0) is 18.1. The van der Waals surface area contributed by atoms with Crippen molar-refractivity contribution in [1.29, 1.82) is 0 Å². The first kappa shape index (κ1) is 16.4. The summed E-state index contributed by atoms with van der Waals surface area (Å²) in [5.74, 6) is -0.435. The van der Waals surface area contributed by atoms with Gasteiger partial charge >= 0.3 is 0 Å². The maximum Gasteiger partial charge on any atom is 0.261 e. The quantitative estimate of drug-likeness (QED) is 0.597. The first-order valence-electron chi connectivity index (χ1n) is 8.04. The Morgan fingerprint density at radius 1 is 1.27 bits per heavy atom. The Bertz CT molecular complexity index is 1070. The van der Waals surface area contributed by atoms with E-state index in [-0.39, 0.29) is 11.7 Å². The molecule has 3 aromatic heterocycles. The van der Waals surface area contributed by atoms with Gasteiger partial charge in [0, 0.05) is 24.3 Å². The molecule has 0 bridgehead atoms. The second-order valence-corrected chi connectivity index (χ2v) is 6.88. The van der Waals surface area contributed by atoms with Crippen LogP contribution in [0.25, 0.3) is 15.9 Å². The number of fused-ring (bicyclic) bond motifs is 1. The van der Waals surface area contributed by atoms with Crippen molar-refractivity contribution in [2.45, 2.75) is 13.5 Å². The minimum Gasteiger partial charge on any atom is -0.347 e. The molecule has 0 saturated carbocycles. The van der Waals surface area contributed by atoms with Crippen molar-refractivity contribution in [3.8, 4) is 5.69 Å². The van der Waals surface area contributed by atoms with Crippen LogP contribution in [-0.4, -0.2) is 20.7 Å². The molecule has 0 atom stereocenters. The fourth-order valence-corrected chi connectivity index (χ4v) is 3.79. The Kier molecular flexibility index (Phi) is 4.22. The van der Waals surface area contributed by atoms with Crippen molar-refractivity contribution in [3.05, 3.63) is 76.8 Å². The van der Waals surface area contributed by atoms with E-state index in [4.69, 9.17) is 0 Å². The van der Waals surface area contributed by atoms with Gasteiger partial charge < -0.3 is 5.32 Å². The van der Waals surface area contributed by atoms with Crippen LogP contribution in [0, 0.1) is 12.7 Å². The molecule has 4 rings (SSSR count). The second kappa shape index (κ2) is 6.68. The number of nitrogens with one attached hydrogen (secondary N) is 1. The monoisotopic (exact) mass is 366 g/mol. The maximum atomic E-state index is 13.2. The first-order valence-corrected chi connectivity index (χ1v) is 8.85. The van der Waals surface area contributed by atoms with E-state index in [9.17, 15) is 9.18 Å². The number of carbonyl (C=O) groups excluding carboxylic acids is 1. The van der Waals surface area contributed by atoms with Gasteiger partial charge in [-0.2, -0.15) is 5.10 Å². The topological polar surface area (TPSA) is 59.8 Å². The zero-order valence-corrected chi connectivity index (χ0v) is 14.8. The molecule has 5 nitrogen and oxygen atoms in total. The van der Waals surface area contributed by atoms with Crippen molar-refractivity contribution in [2.75, 3.05) is 0 Å². The minimum atomic E-state index is -0.296. The molecule has 0 aliphatic carbocycles. The van der Waals surface area contributed by atoms with E-state index in [0.717, 1.165) is 27.2 Å². The van der Waals surface area contributed by atoms with Gasteiger partial charge in [0.25, 0.3) is 5.91 Å². The highest BCUT2D eigenvalue weighted by molar-refractivity contribution is 7.20. The Morgan fingerprint density at radius 3 is 2.81 bits per heavy atom. The SMILES string of the molecule is Cc1nn(-c2ccc(F)cc2)c2sc(C(=O)NCc3cccnc3)cc12. The van der Waals surface area contributed by atoms with E-state index in [2.05, 4.69) is 15.4 Å². The lowest BCUT2D eigenvalue weighted by Gasteiger charge is -2.03. The number of carbonyl (C=O) groups is 1. The number of nitrogens with zero attached hydrogens (tertiary/aromatic N) is 3. The third-order valence-electron chi connectivity index (χ3n) is 4.02. The average molecular weight is 366 g/mol. The van der Waals surface area contributed by atoms with Crippen molar-refractivity contribution < 1.29 is 9.18 Å². The Labute approximate surface area is 153 Å². The fourth-order valence-electron chi connectivity index (χ4n) is 2.69. The summed E-state index contributed by atoms with van der Waals surface area (Å²) < 4.78 is 14.9. The van der Waals surface area contributed by atoms with Gasteiger partial charge in [-0.05, 0) is 48.9 Å². The van der Waals surface area contributed by atoms with Gasteiger partial charge in [-0.1, -0.05) is 6.07 Å².